The van der Waals surface area contributed by atoms with E-state index in [-0.39, 0.29) is 11.9 Å². The third-order valence-corrected chi connectivity index (χ3v) is 5.47. The van der Waals surface area contributed by atoms with Crippen molar-refractivity contribution in [1.82, 2.24) is 20.4 Å². The molecule has 1 aromatic rings. The van der Waals surface area contributed by atoms with E-state index in [1.165, 1.54) is 0 Å². The van der Waals surface area contributed by atoms with Crippen molar-refractivity contribution in [2.75, 3.05) is 18.4 Å². The first-order valence-electron chi connectivity index (χ1n) is 9.63. The van der Waals surface area contributed by atoms with Gasteiger partial charge in [-0.2, -0.15) is 5.10 Å². The van der Waals surface area contributed by atoms with Gasteiger partial charge in [-0.05, 0) is 52.6 Å². The molecule has 3 rings (SSSR count). The molecule has 1 aliphatic heterocycles. The molecule has 142 valence electrons. The predicted molar refractivity (Wildman–Crippen MR) is 102 cm³/mol. The number of hydrogen-bond acceptors (Lipinski definition) is 4. The average molecular weight is 359 g/mol. The Kier molecular flexibility index (Phi) is 6.08. The minimum atomic E-state index is -0.147. The minimum absolute atomic E-state index is 0.147. The smallest absolute Gasteiger partial charge is 0.257 e. The maximum Gasteiger partial charge on any atom is 0.257 e. The van der Waals surface area contributed by atoms with E-state index in [0.29, 0.717) is 29.4 Å². The molecule has 2 heterocycles. The number of aromatic nitrogens is 2. The number of anilines is 1. The van der Waals surface area contributed by atoms with Crippen LogP contribution in [0.2, 0.25) is 0 Å². The summed E-state index contributed by atoms with van der Waals surface area (Å²) in [5.74, 6) is 0.684. The Morgan fingerprint density at radius 1 is 1.23 bits per heavy atom. The molecule has 1 aromatic heterocycles. The van der Waals surface area contributed by atoms with Crippen LogP contribution in [0.15, 0.2) is 6.08 Å². The van der Waals surface area contributed by atoms with Gasteiger partial charge in [-0.3, -0.25) is 9.59 Å². The van der Waals surface area contributed by atoms with Crippen molar-refractivity contribution in [2.45, 2.75) is 58.4 Å². The highest BCUT2D eigenvalue weighted by Gasteiger charge is 2.28. The first-order valence-corrected chi connectivity index (χ1v) is 9.63. The van der Waals surface area contributed by atoms with Crippen LogP contribution in [0, 0.1) is 12.8 Å². The molecule has 1 aliphatic carbocycles. The molecule has 1 saturated carbocycles. The van der Waals surface area contributed by atoms with E-state index >= 15 is 0 Å². The summed E-state index contributed by atoms with van der Waals surface area (Å²) < 4.78 is 1.75. The van der Waals surface area contributed by atoms with Gasteiger partial charge < -0.3 is 16.0 Å². The minimum Gasteiger partial charge on any atom is -0.349 e. The predicted octanol–water partition coefficient (Wildman–Crippen LogP) is 2.29. The van der Waals surface area contributed by atoms with Crippen LogP contribution in [0.25, 0.3) is 5.70 Å². The topological polar surface area (TPSA) is 88.1 Å². The Balaban J connectivity index is 1.92. The number of rotatable bonds is 6. The fourth-order valence-electron chi connectivity index (χ4n) is 4.15. The van der Waals surface area contributed by atoms with Crippen molar-refractivity contribution in [3.05, 3.63) is 17.3 Å². The third-order valence-electron chi connectivity index (χ3n) is 5.47. The van der Waals surface area contributed by atoms with Gasteiger partial charge in [-0.25, -0.2) is 4.68 Å². The van der Waals surface area contributed by atoms with Crippen LogP contribution >= 0.6 is 0 Å². The standard InChI is InChI=1S/C19H29N5O2/c1-3-16(14-8-10-20-11-9-14)24-18(21-12-25)17(13(2)23-24)19(26)22-15-6-4-5-7-15/h3,12,14-15,20H,4-11H2,1-2H3,(H,21,25)(H,22,26)/b16-3-. The molecule has 2 fully saturated rings. The number of allylic oxidation sites excluding steroid dienone is 2. The summed E-state index contributed by atoms with van der Waals surface area (Å²) in [6.07, 6.45) is 9.04. The summed E-state index contributed by atoms with van der Waals surface area (Å²) in [4.78, 5) is 24.1. The van der Waals surface area contributed by atoms with Gasteiger partial charge in [0.05, 0.1) is 5.69 Å². The van der Waals surface area contributed by atoms with Crippen LogP contribution < -0.4 is 16.0 Å². The molecule has 2 amide bonds. The Hall–Kier alpha value is -2.15. The van der Waals surface area contributed by atoms with E-state index in [4.69, 9.17) is 0 Å². The molecule has 26 heavy (non-hydrogen) atoms. The van der Waals surface area contributed by atoms with Crippen molar-refractivity contribution >= 4 is 23.8 Å². The SMILES string of the molecule is C/C=C(/C1CCNCC1)n1nc(C)c(C(=O)NC2CCCC2)c1NC=O. The number of carbonyl (C=O) groups excluding carboxylic acids is 2. The van der Waals surface area contributed by atoms with Crippen LogP contribution in [0.1, 0.15) is 61.5 Å². The summed E-state index contributed by atoms with van der Waals surface area (Å²) in [5.41, 5.74) is 2.15. The molecular weight excluding hydrogens is 330 g/mol. The number of nitrogens with zero attached hydrogens (tertiary/aromatic N) is 2. The molecule has 0 spiro atoms. The van der Waals surface area contributed by atoms with Gasteiger partial charge >= 0.3 is 0 Å². The van der Waals surface area contributed by atoms with E-state index in [0.717, 1.165) is 57.3 Å². The summed E-state index contributed by atoms with van der Waals surface area (Å²) in [6, 6.07) is 0.222. The van der Waals surface area contributed by atoms with Gasteiger partial charge in [0.2, 0.25) is 6.41 Å². The quantitative estimate of drug-likeness (QED) is 0.680. The van der Waals surface area contributed by atoms with Gasteiger partial charge in [0.25, 0.3) is 5.91 Å². The summed E-state index contributed by atoms with van der Waals surface area (Å²) >= 11 is 0. The van der Waals surface area contributed by atoms with Crippen molar-refractivity contribution < 1.29 is 9.59 Å². The maximum atomic E-state index is 12.9. The lowest BCUT2D eigenvalue weighted by Crippen LogP contribution is -2.33. The Morgan fingerprint density at radius 3 is 2.54 bits per heavy atom. The van der Waals surface area contributed by atoms with Gasteiger partial charge in [0.15, 0.2) is 0 Å². The van der Waals surface area contributed by atoms with Gasteiger partial charge in [-0.15, -0.1) is 0 Å². The molecule has 0 atom stereocenters. The Labute approximate surface area is 154 Å². The van der Waals surface area contributed by atoms with Crippen LogP contribution in [0.3, 0.4) is 0 Å². The zero-order chi connectivity index (χ0) is 18.5. The Bertz CT molecular complexity index is 682. The number of piperidine rings is 1. The molecule has 0 radical (unpaired) electrons. The van der Waals surface area contributed by atoms with E-state index < -0.39 is 0 Å². The average Bonchev–Trinajstić information content (AvgIpc) is 3.25. The summed E-state index contributed by atoms with van der Waals surface area (Å²) in [7, 11) is 0. The number of amides is 2. The van der Waals surface area contributed by atoms with E-state index in [9.17, 15) is 9.59 Å². The second kappa shape index (κ2) is 8.49. The second-order valence-corrected chi connectivity index (χ2v) is 7.18. The summed E-state index contributed by atoms with van der Waals surface area (Å²) in [5, 5.41) is 13.8. The molecule has 3 N–H and O–H groups in total. The molecule has 2 aliphatic rings. The summed E-state index contributed by atoms with van der Waals surface area (Å²) in [6.45, 7) is 5.74. The largest absolute Gasteiger partial charge is 0.349 e. The van der Waals surface area contributed by atoms with Crippen molar-refractivity contribution in [2.24, 2.45) is 5.92 Å². The van der Waals surface area contributed by atoms with Crippen molar-refractivity contribution in [3.63, 3.8) is 0 Å². The maximum absolute atomic E-state index is 12.9. The van der Waals surface area contributed by atoms with Crippen molar-refractivity contribution in [1.29, 1.82) is 0 Å². The first kappa shape index (κ1) is 18.6. The van der Waals surface area contributed by atoms with Crippen LogP contribution in [-0.2, 0) is 4.79 Å². The zero-order valence-electron chi connectivity index (χ0n) is 15.7. The molecule has 0 unspecified atom stereocenters. The molecule has 7 nitrogen and oxygen atoms in total. The highest BCUT2D eigenvalue weighted by molar-refractivity contribution is 6.02. The number of hydrogen-bond donors (Lipinski definition) is 3. The number of nitrogens with one attached hydrogen (secondary N) is 3. The highest BCUT2D eigenvalue weighted by Crippen LogP contribution is 2.31. The van der Waals surface area contributed by atoms with E-state index in [2.05, 4.69) is 21.0 Å². The van der Waals surface area contributed by atoms with Crippen LogP contribution in [0.5, 0.6) is 0 Å². The van der Waals surface area contributed by atoms with E-state index in [1.54, 1.807) is 4.68 Å². The molecule has 0 aromatic carbocycles. The number of aryl methyl sites for hydroxylation is 1. The molecule has 1 saturated heterocycles. The van der Waals surface area contributed by atoms with Gasteiger partial charge in [-0.1, -0.05) is 18.9 Å². The zero-order valence-corrected chi connectivity index (χ0v) is 15.7. The molecular formula is C19H29N5O2. The fourth-order valence-corrected chi connectivity index (χ4v) is 4.15. The van der Waals surface area contributed by atoms with Crippen molar-refractivity contribution in [3.8, 4) is 0 Å². The third kappa shape index (κ3) is 3.82. The lowest BCUT2D eigenvalue weighted by Gasteiger charge is -2.26. The highest BCUT2D eigenvalue weighted by atomic mass is 16.2. The van der Waals surface area contributed by atoms with E-state index in [1.807, 2.05) is 19.9 Å². The lowest BCUT2D eigenvalue weighted by molar-refractivity contribution is -0.105. The van der Waals surface area contributed by atoms with Gasteiger partial charge in [0.1, 0.15) is 11.4 Å². The number of carbonyl (C=O) groups is 2. The van der Waals surface area contributed by atoms with Crippen LogP contribution in [-0.4, -0.2) is 41.2 Å². The molecule has 7 heteroatoms. The van der Waals surface area contributed by atoms with Gasteiger partial charge in [0, 0.05) is 17.7 Å². The monoisotopic (exact) mass is 359 g/mol. The lowest BCUT2D eigenvalue weighted by atomic mass is 9.94. The Morgan fingerprint density at radius 2 is 1.92 bits per heavy atom. The molecule has 0 bridgehead atoms. The fraction of sp³-hybridized carbons (Fsp3) is 0.632. The first-order chi connectivity index (χ1) is 12.7. The normalized spacial score (nSPS) is 19.5. The second-order valence-electron chi connectivity index (χ2n) is 7.18. The van der Waals surface area contributed by atoms with Crippen LogP contribution in [0.4, 0.5) is 5.82 Å².